The summed E-state index contributed by atoms with van der Waals surface area (Å²) >= 11 is 0. The largest absolute Gasteiger partial charge is 0.272 e. The number of hydrogen-bond donors (Lipinski definition) is 0. The maximum absolute atomic E-state index is 12.0. The summed E-state index contributed by atoms with van der Waals surface area (Å²) in [6.45, 7) is 0.210. The lowest BCUT2D eigenvalue weighted by Gasteiger charge is -2.37. The number of rotatable bonds is 2. The summed E-state index contributed by atoms with van der Waals surface area (Å²) in [5.74, 6) is -1.02. The maximum Gasteiger partial charge on any atom is 0.251 e. The highest BCUT2D eigenvalue weighted by molar-refractivity contribution is 7.91. The van der Waals surface area contributed by atoms with E-state index in [0.717, 1.165) is 11.3 Å². The molecule has 0 atom stereocenters. The van der Waals surface area contributed by atoms with Crippen LogP contribution in [0, 0.1) is 5.92 Å². The molecule has 0 aromatic rings. The van der Waals surface area contributed by atoms with Crippen molar-refractivity contribution in [3.8, 4) is 0 Å². The Morgan fingerprint density at radius 2 is 1.89 bits per heavy atom. The van der Waals surface area contributed by atoms with Crippen LogP contribution in [0.15, 0.2) is 0 Å². The number of nitrogens with zero attached hydrogens (tertiary/aromatic N) is 2. The number of carbonyl (C=O) groups excluding carboxylic acids is 1. The molecule has 2 aliphatic heterocycles. The first-order valence-electron chi connectivity index (χ1n) is 5.79. The molecule has 110 valence electrons. The highest BCUT2D eigenvalue weighted by atomic mass is 32.2. The molecule has 0 spiro atoms. The maximum atomic E-state index is 12.0. The van der Waals surface area contributed by atoms with E-state index in [0.29, 0.717) is 0 Å². The van der Waals surface area contributed by atoms with Gasteiger partial charge in [0.05, 0.1) is 36.8 Å². The molecule has 0 aliphatic carbocycles. The molecule has 2 fully saturated rings. The van der Waals surface area contributed by atoms with Crippen LogP contribution in [-0.4, -0.2) is 76.1 Å². The third kappa shape index (κ3) is 3.44. The summed E-state index contributed by atoms with van der Waals surface area (Å²) in [5, 5.41) is 1.05. The molecular formula is C9H16N2O6S2. The molecule has 8 nitrogen and oxygen atoms in total. The summed E-state index contributed by atoms with van der Waals surface area (Å²) in [4.78, 5) is 17.1. The Bertz CT molecular complexity index is 564. The first kappa shape index (κ1) is 14.7. The second kappa shape index (κ2) is 5.00. The van der Waals surface area contributed by atoms with Crippen LogP contribution in [0.3, 0.4) is 0 Å². The fourth-order valence-electron chi connectivity index (χ4n) is 1.91. The van der Waals surface area contributed by atoms with Crippen LogP contribution in [-0.2, 0) is 29.5 Å². The van der Waals surface area contributed by atoms with Gasteiger partial charge in [-0.1, -0.05) is 0 Å². The average molecular weight is 312 g/mol. The quantitative estimate of drug-likeness (QED) is 0.588. The second-order valence-electron chi connectivity index (χ2n) is 4.70. The minimum atomic E-state index is -3.26. The molecule has 0 unspecified atom stereocenters. The standard InChI is InChI=1S/C9H16N2O6S2/c1-18(13,14)10-6-8(7-10)9(12)11-2-4-19(15,16)5-3-17-11/h8H,2-7H2,1H3. The molecule has 2 rings (SSSR count). The summed E-state index contributed by atoms with van der Waals surface area (Å²) in [6, 6.07) is 0. The predicted octanol–water partition coefficient (Wildman–Crippen LogP) is -1.93. The monoisotopic (exact) mass is 312 g/mol. The van der Waals surface area contributed by atoms with Crippen molar-refractivity contribution in [2.45, 2.75) is 0 Å². The lowest BCUT2D eigenvalue weighted by Crippen LogP contribution is -2.56. The summed E-state index contributed by atoms with van der Waals surface area (Å²) in [6.07, 6.45) is 1.09. The Labute approximate surface area is 112 Å². The molecule has 2 saturated heterocycles. The fraction of sp³-hybridized carbons (Fsp3) is 0.889. The number of sulfone groups is 1. The Morgan fingerprint density at radius 3 is 2.47 bits per heavy atom. The molecule has 1 amide bonds. The van der Waals surface area contributed by atoms with Crippen molar-refractivity contribution in [1.82, 2.24) is 9.37 Å². The van der Waals surface area contributed by atoms with Crippen molar-refractivity contribution in [3.05, 3.63) is 0 Å². The van der Waals surface area contributed by atoms with Gasteiger partial charge in [-0.2, -0.15) is 0 Å². The van der Waals surface area contributed by atoms with Crippen molar-refractivity contribution in [2.24, 2.45) is 5.92 Å². The molecule has 19 heavy (non-hydrogen) atoms. The molecule has 0 aromatic heterocycles. The summed E-state index contributed by atoms with van der Waals surface area (Å²) < 4.78 is 46.3. The lowest BCUT2D eigenvalue weighted by atomic mass is 10.0. The normalized spacial score (nSPS) is 25.6. The molecule has 0 radical (unpaired) electrons. The van der Waals surface area contributed by atoms with Crippen LogP contribution >= 0.6 is 0 Å². The van der Waals surface area contributed by atoms with Gasteiger partial charge in [-0.15, -0.1) is 0 Å². The molecule has 10 heteroatoms. The number of amides is 1. The van der Waals surface area contributed by atoms with Gasteiger partial charge >= 0.3 is 0 Å². The third-order valence-corrected chi connectivity index (χ3v) is 5.99. The smallest absolute Gasteiger partial charge is 0.251 e. The summed E-state index contributed by atoms with van der Waals surface area (Å²) in [5.41, 5.74) is 0. The Morgan fingerprint density at radius 1 is 1.26 bits per heavy atom. The number of sulfonamides is 1. The third-order valence-electron chi connectivity index (χ3n) is 3.16. The Balaban J connectivity index is 1.92. The fourth-order valence-corrected chi connectivity index (χ4v) is 3.78. The van der Waals surface area contributed by atoms with Gasteiger partial charge in [0, 0.05) is 13.1 Å². The van der Waals surface area contributed by atoms with E-state index >= 15 is 0 Å². The van der Waals surface area contributed by atoms with Crippen LogP contribution in [0.1, 0.15) is 0 Å². The van der Waals surface area contributed by atoms with E-state index in [9.17, 15) is 21.6 Å². The minimum Gasteiger partial charge on any atom is -0.272 e. The van der Waals surface area contributed by atoms with Gasteiger partial charge in [0.25, 0.3) is 5.91 Å². The van der Waals surface area contributed by atoms with Crippen LogP contribution in [0.5, 0.6) is 0 Å². The van der Waals surface area contributed by atoms with Gasteiger partial charge in [0.2, 0.25) is 10.0 Å². The molecule has 0 bridgehead atoms. The highest BCUT2D eigenvalue weighted by Crippen LogP contribution is 2.21. The van der Waals surface area contributed by atoms with E-state index in [2.05, 4.69) is 0 Å². The van der Waals surface area contributed by atoms with E-state index < -0.39 is 25.8 Å². The van der Waals surface area contributed by atoms with E-state index in [1.807, 2.05) is 0 Å². The highest BCUT2D eigenvalue weighted by Gasteiger charge is 2.40. The van der Waals surface area contributed by atoms with E-state index in [-0.39, 0.29) is 43.7 Å². The first-order chi connectivity index (χ1) is 8.69. The van der Waals surface area contributed by atoms with Gasteiger partial charge < -0.3 is 0 Å². The number of hydroxylamine groups is 2. The summed E-state index contributed by atoms with van der Waals surface area (Å²) in [7, 11) is -6.42. The van der Waals surface area contributed by atoms with Gasteiger partial charge in [-0.05, 0) is 0 Å². The van der Waals surface area contributed by atoms with Gasteiger partial charge in [0.1, 0.15) is 0 Å². The van der Waals surface area contributed by atoms with Crippen LogP contribution in [0.2, 0.25) is 0 Å². The zero-order valence-electron chi connectivity index (χ0n) is 10.5. The average Bonchev–Trinajstić information content (AvgIpc) is 2.34. The Kier molecular flexibility index (Phi) is 3.87. The van der Waals surface area contributed by atoms with Crippen molar-refractivity contribution in [1.29, 1.82) is 0 Å². The molecule has 2 heterocycles. The molecule has 0 saturated carbocycles. The van der Waals surface area contributed by atoms with Crippen molar-refractivity contribution in [3.63, 3.8) is 0 Å². The van der Waals surface area contributed by atoms with Crippen LogP contribution in [0.4, 0.5) is 0 Å². The zero-order valence-corrected chi connectivity index (χ0v) is 12.1. The van der Waals surface area contributed by atoms with Crippen molar-refractivity contribution in [2.75, 3.05) is 44.0 Å². The van der Waals surface area contributed by atoms with E-state index in [1.54, 1.807) is 0 Å². The van der Waals surface area contributed by atoms with Gasteiger partial charge in [-0.3, -0.25) is 9.63 Å². The topological polar surface area (TPSA) is 101 Å². The second-order valence-corrected chi connectivity index (χ2v) is 8.99. The van der Waals surface area contributed by atoms with Crippen molar-refractivity contribution < 1.29 is 26.5 Å². The zero-order chi connectivity index (χ0) is 14.3. The number of hydrogen-bond acceptors (Lipinski definition) is 6. The lowest BCUT2D eigenvalue weighted by molar-refractivity contribution is -0.189. The van der Waals surface area contributed by atoms with Gasteiger partial charge in [0.15, 0.2) is 9.84 Å². The van der Waals surface area contributed by atoms with Crippen molar-refractivity contribution >= 4 is 25.8 Å². The van der Waals surface area contributed by atoms with E-state index in [1.165, 1.54) is 4.31 Å². The molecule has 0 N–H and O–H groups in total. The minimum absolute atomic E-state index is 0.00343. The molecular weight excluding hydrogens is 296 g/mol. The van der Waals surface area contributed by atoms with E-state index in [4.69, 9.17) is 4.84 Å². The SMILES string of the molecule is CS(=O)(=O)N1CC(C(=O)N2CCS(=O)(=O)CCO2)C1. The molecule has 0 aromatic carbocycles. The predicted molar refractivity (Wildman–Crippen MR) is 66.2 cm³/mol. The molecule has 2 aliphatic rings. The number of carbonyl (C=O) groups is 1. The Hall–Kier alpha value is -0.710. The van der Waals surface area contributed by atoms with Crippen LogP contribution in [0.25, 0.3) is 0 Å². The first-order valence-corrected chi connectivity index (χ1v) is 9.46. The van der Waals surface area contributed by atoms with Gasteiger partial charge in [-0.25, -0.2) is 26.2 Å². The van der Waals surface area contributed by atoms with Crippen LogP contribution < -0.4 is 0 Å².